The van der Waals surface area contributed by atoms with E-state index in [9.17, 15) is 22.4 Å². The molecule has 1 aliphatic rings. The highest BCUT2D eigenvalue weighted by Crippen LogP contribution is 2.39. The maximum absolute atomic E-state index is 15.0. The summed E-state index contributed by atoms with van der Waals surface area (Å²) in [6, 6.07) is 0.816. The molecule has 0 aromatic carbocycles. The number of pyridine rings is 1. The molecule has 2 heterocycles. The molecule has 1 aliphatic heterocycles. The highest BCUT2D eigenvalue weighted by Gasteiger charge is 2.39. The van der Waals surface area contributed by atoms with Crippen molar-refractivity contribution in [1.29, 1.82) is 0 Å². The van der Waals surface area contributed by atoms with E-state index in [1.165, 1.54) is 0 Å². The monoisotopic (exact) mass is 318 g/mol. The van der Waals surface area contributed by atoms with E-state index in [-0.39, 0.29) is 37.4 Å². The van der Waals surface area contributed by atoms with Crippen molar-refractivity contribution >= 4 is 5.91 Å². The van der Waals surface area contributed by atoms with E-state index in [1.807, 2.05) is 6.92 Å². The summed E-state index contributed by atoms with van der Waals surface area (Å²) in [6.45, 7) is 2.31. The van der Waals surface area contributed by atoms with Gasteiger partial charge in [-0.25, -0.2) is 4.39 Å². The Bertz CT molecular complexity index is 537. The molecule has 0 N–H and O–H groups in total. The number of aromatic nitrogens is 1. The van der Waals surface area contributed by atoms with Crippen molar-refractivity contribution in [3.63, 3.8) is 0 Å². The minimum atomic E-state index is -4.54. The Morgan fingerprint density at radius 2 is 1.95 bits per heavy atom. The van der Waals surface area contributed by atoms with Crippen LogP contribution in [-0.4, -0.2) is 28.9 Å². The van der Waals surface area contributed by atoms with Gasteiger partial charge in [0, 0.05) is 50.3 Å². The van der Waals surface area contributed by atoms with Crippen LogP contribution in [0.2, 0.25) is 0 Å². The van der Waals surface area contributed by atoms with Crippen LogP contribution in [0.3, 0.4) is 0 Å². The summed E-state index contributed by atoms with van der Waals surface area (Å²) in [5.41, 5.74) is -2.88. The molecular weight excluding hydrogens is 300 g/mol. The van der Waals surface area contributed by atoms with Crippen molar-refractivity contribution in [2.45, 2.75) is 44.5 Å². The first-order chi connectivity index (χ1) is 10.3. The van der Waals surface area contributed by atoms with E-state index in [0.29, 0.717) is 19.0 Å². The van der Waals surface area contributed by atoms with E-state index < -0.39 is 17.4 Å². The molecule has 0 saturated carbocycles. The van der Waals surface area contributed by atoms with Gasteiger partial charge in [-0.1, -0.05) is 6.92 Å². The number of piperidine rings is 1. The van der Waals surface area contributed by atoms with E-state index in [1.54, 1.807) is 4.90 Å². The van der Waals surface area contributed by atoms with Gasteiger partial charge in [0.15, 0.2) is 0 Å². The van der Waals surface area contributed by atoms with E-state index in [4.69, 9.17) is 0 Å². The van der Waals surface area contributed by atoms with Crippen molar-refractivity contribution < 1.29 is 22.4 Å². The van der Waals surface area contributed by atoms with Gasteiger partial charge >= 0.3 is 6.18 Å². The number of carbonyl (C=O) groups is 1. The van der Waals surface area contributed by atoms with Crippen LogP contribution >= 0.6 is 0 Å². The molecule has 0 aliphatic carbocycles. The molecule has 1 fully saturated rings. The fourth-order valence-electron chi connectivity index (χ4n) is 2.61. The highest BCUT2D eigenvalue weighted by atomic mass is 19.4. The van der Waals surface area contributed by atoms with E-state index >= 15 is 0 Å². The van der Waals surface area contributed by atoms with Crippen LogP contribution in [-0.2, 0) is 16.6 Å². The second kappa shape index (κ2) is 6.22. The SMILES string of the molecule is CCCC(=O)N1CCC(F)(c2cncc(C(F)(F)F)c2)CC1. The normalized spacial score (nSPS) is 18.3. The molecule has 0 bridgehead atoms. The third-order valence-corrected chi connectivity index (χ3v) is 3.96. The fraction of sp³-hybridized carbons (Fsp3) is 0.600. The van der Waals surface area contributed by atoms with Gasteiger partial charge in [0.25, 0.3) is 0 Å². The Hall–Kier alpha value is -1.66. The summed E-state index contributed by atoms with van der Waals surface area (Å²) in [5.74, 6) is -0.0354. The number of carbonyl (C=O) groups excluding carboxylic acids is 1. The molecule has 1 amide bonds. The summed E-state index contributed by atoms with van der Waals surface area (Å²) in [5, 5.41) is 0. The number of halogens is 4. The molecule has 0 unspecified atom stereocenters. The largest absolute Gasteiger partial charge is 0.417 e. The molecule has 2 rings (SSSR count). The highest BCUT2D eigenvalue weighted by molar-refractivity contribution is 5.76. The predicted octanol–water partition coefficient (Wildman–Crippen LogP) is 3.69. The van der Waals surface area contributed by atoms with Crippen LogP contribution in [0.15, 0.2) is 18.5 Å². The Labute approximate surface area is 126 Å². The zero-order valence-corrected chi connectivity index (χ0v) is 12.3. The number of hydrogen-bond donors (Lipinski definition) is 0. The lowest BCUT2D eigenvalue weighted by Crippen LogP contribution is -2.43. The Kier molecular flexibility index (Phi) is 4.72. The summed E-state index contributed by atoms with van der Waals surface area (Å²) in [7, 11) is 0. The molecule has 1 aromatic heterocycles. The summed E-state index contributed by atoms with van der Waals surface area (Å²) >= 11 is 0. The molecule has 22 heavy (non-hydrogen) atoms. The van der Waals surface area contributed by atoms with Crippen LogP contribution in [0.25, 0.3) is 0 Å². The second-order valence-corrected chi connectivity index (χ2v) is 5.56. The van der Waals surface area contributed by atoms with Gasteiger partial charge in [0.05, 0.1) is 5.56 Å². The standard InChI is InChI=1S/C15H18F4N2O/c1-2-3-13(22)21-6-4-14(16,5-7-21)11-8-12(10-20-9-11)15(17,18)19/h8-10H,2-7H2,1H3. The molecule has 0 spiro atoms. The minimum absolute atomic E-state index is 0.00849. The van der Waals surface area contributed by atoms with Gasteiger partial charge in [-0.05, 0) is 12.5 Å². The average molecular weight is 318 g/mol. The molecule has 3 nitrogen and oxygen atoms in total. The maximum Gasteiger partial charge on any atom is 0.417 e. The lowest BCUT2D eigenvalue weighted by atomic mass is 9.86. The van der Waals surface area contributed by atoms with Crippen LogP contribution in [0.5, 0.6) is 0 Å². The number of hydrogen-bond acceptors (Lipinski definition) is 2. The second-order valence-electron chi connectivity index (χ2n) is 5.56. The number of amides is 1. The van der Waals surface area contributed by atoms with Gasteiger partial charge in [0.1, 0.15) is 5.67 Å². The van der Waals surface area contributed by atoms with Crippen LogP contribution in [0.1, 0.15) is 43.7 Å². The summed E-state index contributed by atoms with van der Waals surface area (Å²) < 4.78 is 53.0. The van der Waals surface area contributed by atoms with Crippen molar-refractivity contribution in [3.8, 4) is 0 Å². The first-order valence-corrected chi connectivity index (χ1v) is 7.25. The molecule has 0 atom stereocenters. The fourth-order valence-corrected chi connectivity index (χ4v) is 2.61. The molecule has 122 valence electrons. The van der Waals surface area contributed by atoms with E-state index in [0.717, 1.165) is 12.3 Å². The zero-order chi connectivity index (χ0) is 16.4. The number of alkyl halides is 4. The van der Waals surface area contributed by atoms with Crippen LogP contribution < -0.4 is 0 Å². The molecule has 0 radical (unpaired) electrons. The third-order valence-electron chi connectivity index (χ3n) is 3.96. The zero-order valence-electron chi connectivity index (χ0n) is 12.3. The van der Waals surface area contributed by atoms with Gasteiger partial charge in [-0.15, -0.1) is 0 Å². The first-order valence-electron chi connectivity index (χ1n) is 7.25. The van der Waals surface area contributed by atoms with Gasteiger partial charge in [0.2, 0.25) is 5.91 Å². The van der Waals surface area contributed by atoms with Gasteiger partial charge in [-0.3, -0.25) is 9.78 Å². The number of rotatable bonds is 3. The molecular formula is C15H18F4N2O. The number of nitrogens with zero attached hydrogens (tertiary/aromatic N) is 2. The minimum Gasteiger partial charge on any atom is -0.342 e. The smallest absolute Gasteiger partial charge is 0.342 e. The third kappa shape index (κ3) is 3.56. The maximum atomic E-state index is 15.0. The number of likely N-dealkylation sites (tertiary alicyclic amines) is 1. The van der Waals surface area contributed by atoms with Gasteiger partial charge < -0.3 is 4.90 Å². The first kappa shape index (κ1) is 16.7. The van der Waals surface area contributed by atoms with Crippen molar-refractivity contribution in [2.75, 3.05) is 13.1 Å². The summed E-state index contributed by atoms with van der Waals surface area (Å²) in [6.07, 6.45) is -1.61. The van der Waals surface area contributed by atoms with Gasteiger partial charge in [-0.2, -0.15) is 13.2 Å². The van der Waals surface area contributed by atoms with E-state index in [2.05, 4.69) is 4.98 Å². The Morgan fingerprint density at radius 1 is 1.32 bits per heavy atom. The Balaban J connectivity index is 2.12. The lowest BCUT2D eigenvalue weighted by Gasteiger charge is -2.36. The average Bonchev–Trinajstić information content (AvgIpc) is 2.47. The van der Waals surface area contributed by atoms with Crippen LogP contribution in [0.4, 0.5) is 17.6 Å². The molecule has 1 aromatic rings. The quantitative estimate of drug-likeness (QED) is 0.796. The van der Waals surface area contributed by atoms with Crippen molar-refractivity contribution in [2.24, 2.45) is 0 Å². The Morgan fingerprint density at radius 3 is 2.50 bits per heavy atom. The lowest BCUT2D eigenvalue weighted by molar-refractivity contribution is -0.138. The van der Waals surface area contributed by atoms with Crippen LogP contribution in [0, 0.1) is 0 Å². The molecule has 1 saturated heterocycles. The topological polar surface area (TPSA) is 33.2 Å². The van der Waals surface area contributed by atoms with Crippen molar-refractivity contribution in [1.82, 2.24) is 9.88 Å². The predicted molar refractivity (Wildman–Crippen MR) is 72.7 cm³/mol. The van der Waals surface area contributed by atoms with Crippen molar-refractivity contribution in [3.05, 3.63) is 29.6 Å². The molecule has 7 heteroatoms. The summed E-state index contributed by atoms with van der Waals surface area (Å²) in [4.78, 5) is 16.9.